The number of hydrogen-bond donors (Lipinski definition) is 2. The van der Waals surface area contributed by atoms with Crippen molar-refractivity contribution in [2.45, 2.75) is 47.1 Å². The van der Waals surface area contributed by atoms with Gasteiger partial charge in [0, 0.05) is 30.4 Å². The van der Waals surface area contributed by atoms with Crippen LogP contribution in [0.2, 0.25) is 0 Å². The third-order valence-corrected chi connectivity index (χ3v) is 2.35. The van der Waals surface area contributed by atoms with E-state index >= 15 is 0 Å². The molecule has 0 aliphatic heterocycles. The summed E-state index contributed by atoms with van der Waals surface area (Å²) in [6.45, 7) is 11.0. The predicted octanol–water partition coefficient (Wildman–Crippen LogP) is 2.48. The second-order valence-corrected chi connectivity index (χ2v) is 4.38. The highest BCUT2D eigenvalue weighted by Gasteiger charge is 2.21. The molecular formula is C11H24N2. The first-order valence-corrected chi connectivity index (χ1v) is 5.08. The molecule has 13 heavy (non-hydrogen) atoms. The Morgan fingerprint density at radius 1 is 1.38 bits per heavy atom. The summed E-state index contributed by atoms with van der Waals surface area (Å²) in [5.74, 6) is 0. The van der Waals surface area contributed by atoms with Crippen molar-refractivity contribution < 1.29 is 0 Å². The van der Waals surface area contributed by atoms with Gasteiger partial charge in [-0.3, -0.25) is 0 Å². The molecule has 0 bridgehead atoms. The van der Waals surface area contributed by atoms with Gasteiger partial charge >= 0.3 is 0 Å². The van der Waals surface area contributed by atoms with Gasteiger partial charge in [-0.1, -0.05) is 20.8 Å². The number of nitrogens with one attached hydrogen (secondary N) is 2. The van der Waals surface area contributed by atoms with Crippen LogP contribution in [0.25, 0.3) is 0 Å². The fourth-order valence-electron chi connectivity index (χ4n) is 1.08. The summed E-state index contributed by atoms with van der Waals surface area (Å²) in [5.41, 5.74) is 1.51. The third kappa shape index (κ3) is 4.20. The summed E-state index contributed by atoms with van der Waals surface area (Å²) < 4.78 is 0. The van der Waals surface area contributed by atoms with E-state index in [2.05, 4.69) is 51.5 Å². The van der Waals surface area contributed by atoms with E-state index in [1.807, 2.05) is 7.05 Å². The molecule has 2 N–H and O–H groups in total. The fraction of sp³-hybridized carbons (Fsp3) is 0.818. The maximum Gasteiger partial charge on any atom is 0.0325 e. The molecule has 0 aromatic heterocycles. The molecule has 0 saturated heterocycles. The third-order valence-electron chi connectivity index (χ3n) is 2.35. The lowest BCUT2D eigenvalue weighted by Crippen LogP contribution is -2.32. The van der Waals surface area contributed by atoms with Gasteiger partial charge in [-0.05, 0) is 20.3 Å². The molecule has 0 aromatic rings. The molecule has 0 saturated carbocycles. The summed E-state index contributed by atoms with van der Waals surface area (Å²) in [7, 11) is 1.94. The van der Waals surface area contributed by atoms with Crippen molar-refractivity contribution in [3.63, 3.8) is 0 Å². The minimum absolute atomic E-state index is 0.229. The van der Waals surface area contributed by atoms with E-state index < -0.39 is 0 Å². The highest BCUT2D eigenvalue weighted by atomic mass is 15.0. The molecule has 0 aromatic carbocycles. The highest BCUT2D eigenvalue weighted by Crippen LogP contribution is 2.27. The molecule has 2 heteroatoms. The summed E-state index contributed by atoms with van der Waals surface area (Å²) in [5, 5.41) is 6.56. The number of rotatable bonds is 5. The molecule has 78 valence electrons. The Kier molecular flexibility index (Phi) is 4.89. The molecule has 0 rings (SSSR count). The maximum atomic E-state index is 3.47. The lowest BCUT2D eigenvalue weighted by Gasteiger charge is -2.29. The van der Waals surface area contributed by atoms with Crippen molar-refractivity contribution in [1.29, 1.82) is 0 Å². The fourth-order valence-corrected chi connectivity index (χ4v) is 1.08. The Morgan fingerprint density at radius 3 is 2.23 bits per heavy atom. The molecular weight excluding hydrogens is 160 g/mol. The zero-order valence-corrected chi connectivity index (χ0v) is 9.86. The first kappa shape index (κ1) is 12.3. The summed E-state index contributed by atoms with van der Waals surface area (Å²) >= 11 is 0. The average molecular weight is 184 g/mol. The van der Waals surface area contributed by atoms with Crippen LogP contribution in [0.5, 0.6) is 0 Å². The van der Waals surface area contributed by atoms with Gasteiger partial charge in [-0.2, -0.15) is 0 Å². The topological polar surface area (TPSA) is 24.1 Å². The van der Waals surface area contributed by atoms with Crippen LogP contribution in [0.4, 0.5) is 0 Å². The summed E-state index contributed by atoms with van der Waals surface area (Å²) in [6.07, 6.45) is 3.20. The molecule has 2 nitrogen and oxygen atoms in total. The predicted molar refractivity (Wildman–Crippen MR) is 59.5 cm³/mol. The van der Waals surface area contributed by atoms with E-state index in [1.165, 1.54) is 5.70 Å². The van der Waals surface area contributed by atoms with E-state index in [-0.39, 0.29) is 5.41 Å². The van der Waals surface area contributed by atoms with Crippen LogP contribution in [0.1, 0.15) is 41.0 Å². The van der Waals surface area contributed by atoms with Crippen LogP contribution in [0.15, 0.2) is 11.9 Å². The molecule has 0 amide bonds. The van der Waals surface area contributed by atoms with Crippen molar-refractivity contribution in [3.8, 4) is 0 Å². The van der Waals surface area contributed by atoms with Gasteiger partial charge in [0.1, 0.15) is 0 Å². The van der Waals surface area contributed by atoms with Gasteiger partial charge in [0.2, 0.25) is 0 Å². The highest BCUT2D eigenvalue weighted by molar-refractivity contribution is 5.09. The lowest BCUT2D eigenvalue weighted by molar-refractivity contribution is 0.384. The second kappa shape index (κ2) is 5.15. The summed E-state index contributed by atoms with van der Waals surface area (Å²) in [4.78, 5) is 0. The average Bonchev–Trinajstić information content (AvgIpc) is 2.03. The Hall–Kier alpha value is -0.660. The van der Waals surface area contributed by atoms with E-state index in [0.717, 1.165) is 6.42 Å². The molecule has 0 atom stereocenters. The minimum Gasteiger partial charge on any atom is -0.393 e. The van der Waals surface area contributed by atoms with Crippen LogP contribution in [-0.4, -0.2) is 13.1 Å². The zero-order chi connectivity index (χ0) is 10.5. The van der Waals surface area contributed by atoms with Crippen LogP contribution in [0, 0.1) is 5.41 Å². The van der Waals surface area contributed by atoms with Gasteiger partial charge in [0.15, 0.2) is 0 Å². The minimum atomic E-state index is 0.229. The maximum absolute atomic E-state index is 3.47. The zero-order valence-electron chi connectivity index (χ0n) is 9.86. The standard InChI is InChI=1S/C11H24N2/c1-7-11(4,5)10(8-12-6)13-9(2)3/h8-9,12-13H,7H2,1-6H3/b10-8-. The molecule has 0 aliphatic rings. The number of hydrogen-bond acceptors (Lipinski definition) is 2. The van der Waals surface area contributed by atoms with E-state index in [1.54, 1.807) is 0 Å². The van der Waals surface area contributed by atoms with E-state index in [9.17, 15) is 0 Å². The normalized spacial score (nSPS) is 13.3. The van der Waals surface area contributed by atoms with Gasteiger partial charge in [-0.25, -0.2) is 0 Å². The molecule has 0 aliphatic carbocycles. The van der Waals surface area contributed by atoms with Crippen molar-refractivity contribution in [3.05, 3.63) is 11.9 Å². The van der Waals surface area contributed by atoms with Gasteiger partial charge in [0.25, 0.3) is 0 Å². The Balaban J connectivity index is 4.51. The largest absolute Gasteiger partial charge is 0.393 e. The smallest absolute Gasteiger partial charge is 0.0325 e. The van der Waals surface area contributed by atoms with Crippen LogP contribution < -0.4 is 10.6 Å². The lowest BCUT2D eigenvalue weighted by atomic mass is 9.86. The van der Waals surface area contributed by atoms with Gasteiger partial charge in [0.05, 0.1) is 0 Å². The Labute approximate surface area is 82.8 Å². The molecule has 0 fully saturated rings. The van der Waals surface area contributed by atoms with Crippen LogP contribution >= 0.6 is 0 Å². The number of allylic oxidation sites excluding steroid dienone is 1. The SMILES string of the molecule is CCC(C)(C)/C(=C/NC)NC(C)C. The molecule has 0 radical (unpaired) electrons. The first-order chi connectivity index (χ1) is 5.94. The second-order valence-electron chi connectivity index (χ2n) is 4.38. The van der Waals surface area contributed by atoms with Crippen molar-refractivity contribution >= 4 is 0 Å². The monoisotopic (exact) mass is 184 g/mol. The van der Waals surface area contributed by atoms with Gasteiger partial charge in [-0.15, -0.1) is 0 Å². The Bertz CT molecular complexity index is 169. The van der Waals surface area contributed by atoms with Crippen LogP contribution in [-0.2, 0) is 0 Å². The quantitative estimate of drug-likeness (QED) is 0.686. The first-order valence-electron chi connectivity index (χ1n) is 5.08. The summed E-state index contributed by atoms with van der Waals surface area (Å²) in [6, 6.07) is 0.491. The Morgan fingerprint density at radius 2 is 1.92 bits per heavy atom. The molecule has 0 unspecified atom stereocenters. The molecule has 0 spiro atoms. The van der Waals surface area contributed by atoms with E-state index in [0.29, 0.717) is 6.04 Å². The van der Waals surface area contributed by atoms with Crippen molar-refractivity contribution in [1.82, 2.24) is 10.6 Å². The van der Waals surface area contributed by atoms with Crippen LogP contribution in [0.3, 0.4) is 0 Å². The van der Waals surface area contributed by atoms with Crippen molar-refractivity contribution in [2.24, 2.45) is 5.41 Å². The van der Waals surface area contributed by atoms with Crippen molar-refractivity contribution in [2.75, 3.05) is 7.05 Å². The van der Waals surface area contributed by atoms with E-state index in [4.69, 9.17) is 0 Å². The van der Waals surface area contributed by atoms with Gasteiger partial charge < -0.3 is 10.6 Å². The molecule has 0 heterocycles.